The van der Waals surface area contributed by atoms with E-state index in [1.54, 1.807) is 0 Å². The summed E-state index contributed by atoms with van der Waals surface area (Å²) in [6.07, 6.45) is 1.34. The number of rotatable bonds is 8. The van der Waals surface area contributed by atoms with Crippen LogP contribution in [0.15, 0.2) is 48.5 Å². The normalized spacial score (nSPS) is 12.0. The molecule has 0 saturated heterocycles. The van der Waals surface area contributed by atoms with Gasteiger partial charge >= 0.3 is 0 Å². The van der Waals surface area contributed by atoms with Crippen LogP contribution < -0.4 is 14.8 Å². The minimum atomic E-state index is 0.0917. The molecule has 1 N–H and O–H groups in total. The van der Waals surface area contributed by atoms with Crippen LogP contribution >= 0.6 is 0 Å². The molecule has 3 heteroatoms. The Morgan fingerprint density at radius 3 is 1.96 bits per heavy atom. The average molecular weight is 313 g/mol. The lowest BCUT2D eigenvalue weighted by Crippen LogP contribution is -2.22. The van der Waals surface area contributed by atoms with Crippen molar-refractivity contribution in [2.75, 3.05) is 11.9 Å². The number of benzene rings is 2. The molecule has 124 valence electrons. The first kappa shape index (κ1) is 17.2. The van der Waals surface area contributed by atoms with E-state index in [-0.39, 0.29) is 12.2 Å². The molecule has 0 heterocycles. The summed E-state index contributed by atoms with van der Waals surface area (Å²) in [5, 5.41) is 3.39. The summed E-state index contributed by atoms with van der Waals surface area (Å²) in [4.78, 5) is 0. The van der Waals surface area contributed by atoms with Gasteiger partial charge in [0.05, 0.1) is 12.6 Å². The zero-order valence-corrected chi connectivity index (χ0v) is 14.5. The summed E-state index contributed by atoms with van der Waals surface area (Å²) in [6.45, 7) is 9.02. The van der Waals surface area contributed by atoms with E-state index in [2.05, 4.69) is 31.3 Å². The van der Waals surface area contributed by atoms with Crippen molar-refractivity contribution in [3.05, 3.63) is 54.1 Å². The molecule has 0 aromatic heterocycles. The highest BCUT2D eigenvalue weighted by Gasteiger charge is 2.05. The van der Waals surface area contributed by atoms with Crippen molar-refractivity contribution in [1.29, 1.82) is 0 Å². The maximum Gasteiger partial charge on any atom is 0.119 e. The molecule has 0 amide bonds. The van der Waals surface area contributed by atoms with Gasteiger partial charge in [0.15, 0.2) is 0 Å². The maximum absolute atomic E-state index is 5.92. The lowest BCUT2D eigenvalue weighted by atomic mass is 10.2. The monoisotopic (exact) mass is 313 g/mol. The third-order valence-electron chi connectivity index (χ3n) is 3.49. The SMILES string of the molecule is CCc1ccc(OC(C)CNc2ccc(OC(C)C)cc2)cc1. The lowest BCUT2D eigenvalue weighted by molar-refractivity contribution is 0.234. The molecule has 23 heavy (non-hydrogen) atoms. The quantitative estimate of drug-likeness (QED) is 0.750. The molecule has 0 bridgehead atoms. The van der Waals surface area contributed by atoms with Crippen LogP contribution in [0.1, 0.15) is 33.3 Å². The standard InChI is InChI=1S/C20H27NO2/c1-5-17-6-10-20(11-7-17)23-16(4)14-21-18-8-12-19(13-9-18)22-15(2)3/h6-13,15-16,21H,5,14H2,1-4H3. The van der Waals surface area contributed by atoms with Crippen molar-refractivity contribution in [2.45, 2.75) is 46.3 Å². The van der Waals surface area contributed by atoms with E-state index in [0.717, 1.165) is 30.2 Å². The molecule has 2 rings (SSSR count). The van der Waals surface area contributed by atoms with Gasteiger partial charge in [0.2, 0.25) is 0 Å². The van der Waals surface area contributed by atoms with Gasteiger partial charge in [-0.15, -0.1) is 0 Å². The topological polar surface area (TPSA) is 30.5 Å². The highest BCUT2D eigenvalue weighted by atomic mass is 16.5. The molecule has 0 saturated carbocycles. The summed E-state index contributed by atoms with van der Waals surface area (Å²) in [5.41, 5.74) is 2.39. The molecule has 0 spiro atoms. The van der Waals surface area contributed by atoms with Crippen molar-refractivity contribution in [2.24, 2.45) is 0 Å². The average Bonchev–Trinajstić information content (AvgIpc) is 2.54. The van der Waals surface area contributed by atoms with Crippen molar-refractivity contribution >= 4 is 5.69 Å². The Balaban J connectivity index is 1.80. The smallest absolute Gasteiger partial charge is 0.119 e. The second-order valence-corrected chi connectivity index (χ2v) is 6.00. The highest BCUT2D eigenvalue weighted by Crippen LogP contribution is 2.18. The summed E-state index contributed by atoms with van der Waals surface area (Å²) in [5.74, 6) is 1.81. The molecule has 0 aliphatic rings. The van der Waals surface area contributed by atoms with Crippen LogP contribution in [0.2, 0.25) is 0 Å². The van der Waals surface area contributed by atoms with E-state index in [1.807, 2.05) is 50.2 Å². The van der Waals surface area contributed by atoms with Crippen LogP contribution in [0.3, 0.4) is 0 Å². The second kappa shape index (κ2) is 8.47. The molecule has 0 fully saturated rings. The minimum absolute atomic E-state index is 0.0917. The van der Waals surface area contributed by atoms with Gasteiger partial charge in [0, 0.05) is 5.69 Å². The first-order chi connectivity index (χ1) is 11.1. The second-order valence-electron chi connectivity index (χ2n) is 6.00. The number of hydrogen-bond donors (Lipinski definition) is 1. The highest BCUT2D eigenvalue weighted by molar-refractivity contribution is 5.46. The number of nitrogens with one attached hydrogen (secondary N) is 1. The molecular weight excluding hydrogens is 286 g/mol. The predicted octanol–water partition coefficient (Wildman–Crippen LogP) is 4.92. The van der Waals surface area contributed by atoms with Gasteiger partial charge in [0.1, 0.15) is 17.6 Å². The first-order valence-corrected chi connectivity index (χ1v) is 8.33. The summed E-state index contributed by atoms with van der Waals surface area (Å²) >= 11 is 0. The summed E-state index contributed by atoms with van der Waals surface area (Å²) in [7, 11) is 0. The van der Waals surface area contributed by atoms with Gasteiger partial charge in [-0.25, -0.2) is 0 Å². The molecule has 0 aliphatic carbocycles. The van der Waals surface area contributed by atoms with E-state index in [4.69, 9.17) is 9.47 Å². The summed E-state index contributed by atoms with van der Waals surface area (Å²) < 4.78 is 11.6. The molecular formula is C20H27NO2. The van der Waals surface area contributed by atoms with Crippen LogP contribution in [0.25, 0.3) is 0 Å². The minimum Gasteiger partial charge on any atom is -0.491 e. The predicted molar refractivity (Wildman–Crippen MR) is 96.6 cm³/mol. The van der Waals surface area contributed by atoms with E-state index < -0.39 is 0 Å². The summed E-state index contributed by atoms with van der Waals surface area (Å²) in [6, 6.07) is 16.3. The van der Waals surface area contributed by atoms with E-state index >= 15 is 0 Å². The fourth-order valence-corrected chi connectivity index (χ4v) is 2.26. The van der Waals surface area contributed by atoms with Gasteiger partial charge in [-0.3, -0.25) is 0 Å². The van der Waals surface area contributed by atoms with Crippen molar-refractivity contribution in [3.63, 3.8) is 0 Å². The number of hydrogen-bond acceptors (Lipinski definition) is 3. The van der Waals surface area contributed by atoms with E-state index in [1.165, 1.54) is 5.56 Å². The fourth-order valence-electron chi connectivity index (χ4n) is 2.26. The Bertz CT molecular complexity index is 576. The van der Waals surface area contributed by atoms with Crippen LogP contribution in [0, 0.1) is 0 Å². The number of aryl methyl sites for hydroxylation is 1. The molecule has 0 radical (unpaired) electrons. The molecule has 2 aromatic rings. The Labute approximate surface area is 139 Å². The zero-order chi connectivity index (χ0) is 16.7. The largest absolute Gasteiger partial charge is 0.491 e. The van der Waals surface area contributed by atoms with Gasteiger partial charge in [0.25, 0.3) is 0 Å². The third-order valence-corrected chi connectivity index (χ3v) is 3.49. The lowest BCUT2D eigenvalue weighted by Gasteiger charge is -2.17. The van der Waals surface area contributed by atoms with Gasteiger partial charge in [-0.2, -0.15) is 0 Å². The van der Waals surface area contributed by atoms with Crippen LogP contribution in [0.5, 0.6) is 11.5 Å². The van der Waals surface area contributed by atoms with Gasteiger partial charge in [-0.05, 0) is 69.2 Å². The Morgan fingerprint density at radius 2 is 1.39 bits per heavy atom. The molecule has 0 aliphatic heterocycles. The zero-order valence-electron chi connectivity index (χ0n) is 14.5. The molecule has 1 unspecified atom stereocenters. The number of anilines is 1. The fraction of sp³-hybridized carbons (Fsp3) is 0.400. The molecule has 3 nitrogen and oxygen atoms in total. The van der Waals surface area contributed by atoms with Crippen LogP contribution in [-0.4, -0.2) is 18.8 Å². The van der Waals surface area contributed by atoms with Crippen molar-refractivity contribution in [3.8, 4) is 11.5 Å². The van der Waals surface area contributed by atoms with Gasteiger partial charge in [-0.1, -0.05) is 19.1 Å². The third kappa shape index (κ3) is 5.85. The molecule has 1 atom stereocenters. The maximum atomic E-state index is 5.92. The van der Waals surface area contributed by atoms with Crippen molar-refractivity contribution in [1.82, 2.24) is 0 Å². The Hall–Kier alpha value is -2.16. The van der Waals surface area contributed by atoms with E-state index in [0.29, 0.717) is 0 Å². The Kier molecular flexibility index (Phi) is 6.33. The molecule has 2 aromatic carbocycles. The van der Waals surface area contributed by atoms with Crippen molar-refractivity contribution < 1.29 is 9.47 Å². The van der Waals surface area contributed by atoms with Crippen LogP contribution in [-0.2, 0) is 6.42 Å². The van der Waals surface area contributed by atoms with Gasteiger partial charge < -0.3 is 14.8 Å². The Morgan fingerprint density at radius 1 is 0.826 bits per heavy atom. The first-order valence-electron chi connectivity index (χ1n) is 8.33. The number of ether oxygens (including phenoxy) is 2. The van der Waals surface area contributed by atoms with E-state index in [9.17, 15) is 0 Å². The van der Waals surface area contributed by atoms with Crippen LogP contribution in [0.4, 0.5) is 5.69 Å².